The number of H-pyrrole nitrogens is 1. The van der Waals surface area contributed by atoms with E-state index < -0.39 is 6.10 Å². The molecular formula is C26H27N7O4. The smallest absolute Gasteiger partial charge is 0.251 e. The second-order valence-electron chi connectivity index (χ2n) is 9.26. The summed E-state index contributed by atoms with van der Waals surface area (Å²) in [5.41, 5.74) is 10.7. The molecule has 0 aliphatic carbocycles. The van der Waals surface area contributed by atoms with Crippen molar-refractivity contribution in [2.24, 2.45) is 0 Å². The van der Waals surface area contributed by atoms with Gasteiger partial charge in [-0.25, -0.2) is 4.98 Å². The van der Waals surface area contributed by atoms with Gasteiger partial charge in [-0.1, -0.05) is 6.07 Å². The van der Waals surface area contributed by atoms with Crippen LogP contribution in [0.4, 0.5) is 5.82 Å². The van der Waals surface area contributed by atoms with Crippen LogP contribution in [0.2, 0.25) is 0 Å². The number of carbonyl (C=O) groups is 2. The third-order valence-electron chi connectivity index (χ3n) is 6.77. The average Bonchev–Trinajstić information content (AvgIpc) is 3.33. The fourth-order valence-corrected chi connectivity index (χ4v) is 4.82. The third-order valence-corrected chi connectivity index (χ3v) is 6.77. The number of piperidine rings is 1. The highest BCUT2D eigenvalue weighted by molar-refractivity contribution is 6.00. The number of rotatable bonds is 5. The summed E-state index contributed by atoms with van der Waals surface area (Å²) in [6.07, 6.45) is 5.10. The van der Waals surface area contributed by atoms with Crippen LogP contribution < -0.4 is 11.3 Å². The van der Waals surface area contributed by atoms with E-state index >= 15 is 0 Å². The van der Waals surface area contributed by atoms with E-state index in [0.29, 0.717) is 54.1 Å². The number of aliphatic hydroxyl groups excluding tert-OH is 1. The Labute approximate surface area is 212 Å². The minimum atomic E-state index is -1.05. The van der Waals surface area contributed by atoms with Crippen LogP contribution in [0.15, 0.2) is 47.7 Å². The molecule has 1 fully saturated rings. The molecule has 4 aromatic rings. The van der Waals surface area contributed by atoms with Crippen molar-refractivity contribution >= 4 is 23.2 Å². The number of nitrogens with zero attached hydrogens (tertiary/aromatic N) is 5. The van der Waals surface area contributed by atoms with Crippen LogP contribution in [0, 0.1) is 0 Å². The fraction of sp³-hybridized carbons (Fsp3) is 0.308. The van der Waals surface area contributed by atoms with E-state index in [1.165, 1.54) is 24.4 Å². The molecule has 1 unspecified atom stereocenters. The quantitative estimate of drug-likeness (QED) is 0.350. The summed E-state index contributed by atoms with van der Waals surface area (Å²) in [4.78, 5) is 49.9. The third kappa shape index (κ3) is 4.49. The van der Waals surface area contributed by atoms with Gasteiger partial charge in [-0.05, 0) is 38.8 Å². The Morgan fingerprint density at radius 3 is 2.46 bits per heavy atom. The molecule has 1 aliphatic rings. The Morgan fingerprint density at radius 2 is 1.86 bits per heavy atom. The minimum Gasteiger partial charge on any atom is -0.384 e. The summed E-state index contributed by atoms with van der Waals surface area (Å²) in [6, 6.07) is 6.88. The first-order chi connectivity index (χ1) is 17.7. The molecule has 1 saturated heterocycles. The number of aromatic nitrogens is 5. The molecule has 4 N–H and O–H groups in total. The highest BCUT2D eigenvalue weighted by Gasteiger charge is 2.31. The Morgan fingerprint density at radius 1 is 1.14 bits per heavy atom. The summed E-state index contributed by atoms with van der Waals surface area (Å²) in [5.74, 6) is -0.357. The van der Waals surface area contributed by atoms with E-state index in [2.05, 4.69) is 15.1 Å². The van der Waals surface area contributed by atoms with E-state index in [0.717, 1.165) is 11.1 Å². The number of aliphatic hydroxyl groups is 1. The molecule has 11 heteroatoms. The van der Waals surface area contributed by atoms with E-state index in [1.807, 2.05) is 12.1 Å². The van der Waals surface area contributed by atoms with E-state index in [9.17, 15) is 19.5 Å². The van der Waals surface area contributed by atoms with Crippen LogP contribution in [0.5, 0.6) is 0 Å². The van der Waals surface area contributed by atoms with Crippen molar-refractivity contribution < 1.29 is 14.7 Å². The molecule has 1 aliphatic heterocycles. The van der Waals surface area contributed by atoms with Gasteiger partial charge in [0.05, 0.1) is 23.1 Å². The number of nitrogens with two attached hydrogens (primary N) is 1. The number of fused-ring (bicyclic) bond motifs is 1. The second kappa shape index (κ2) is 9.58. The molecule has 0 bridgehead atoms. The first-order valence-electron chi connectivity index (χ1n) is 12.0. The number of pyridine rings is 2. The summed E-state index contributed by atoms with van der Waals surface area (Å²) in [6.45, 7) is 3.84. The van der Waals surface area contributed by atoms with Crippen molar-refractivity contribution in [1.82, 2.24) is 29.5 Å². The van der Waals surface area contributed by atoms with Crippen LogP contribution in [-0.2, 0) is 4.79 Å². The zero-order chi connectivity index (χ0) is 26.3. The second-order valence-corrected chi connectivity index (χ2v) is 9.26. The molecule has 11 nitrogen and oxygen atoms in total. The van der Waals surface area contributed by atoms with Gasteiger partial charge in [0, 0.05) is 54.2 Å². The summed E-state index contributed by atoms with van der Waals surface area (Å²) in [5, 5.41) is 14.0. The molecule has 0 radical (unpaired) electrons. The topological polar surface area (TPSA) is 160 Å². The van der Waals surface area contributed by atoms with Crippen molar-refractivity contribution in [2.45, 2.75) is 38.7 Å². The van der Waals surface area contributed by atoms with Gasteiger partial charge in [-0.3, -0.25) is 19.4 Å². The molecule has 0 spiro atoms. The number of ketones is 1. The SMILES string of the molecule is CC(=O)c1c(C2CCN(C(=O)C(C)O)CC2)nc2c(-c3ccc(-c4ccc(=O)[nH]c4)nc3)cnn2c1N. The van der Waals surface area contributed by atoms with Gasteiger partial charge < -0.3 is 20.7 Å². The lowest BCUT2D eigenvalue weighted by molar-refractivity contribution is -0.140. The molecule has 5 heterocycles. The predicted octanol–water partition coefficient (Wildman–Crippen LogP) is 2.02. The van der Waals surface area contributed by atoms with Gasteiger partial charge in [0.2, 0.25) is 5.56 Å². The lowest BCUT2D eigenvalue weighted by atomic mass is 9.89. The van der Waals surface area contributed by atoms with Crippen molar-refractivity contribution in [1.29, 1.82) is 0 Å². The number of hydrogen-bond donors (Lipinski definition) is 3. The predicted molar refractivity (Wildman–Crippen MR) is 137 cm³/mol. The Kier molecular flexibility index (Phi) is 6.30. The van der Waals surface area contributed by atoms with E-state index in [-0.39, 0.29) is 29.0 Å². The van der Waals surface area contributed by atoms with Gasteiger partial charge in [0.15, 0.2) is 11.4 Å². The minimum absolute atomic E-state index is 0.0762. The van der Waals surface area contributed by atoms with Crippen molar-refractivity contribution in [3.63, 3.8) is 0 Å². The number of nitrogens with one attached hydrogen (secondary N) is 1. The number of Topliss-reactive ketones (excluding diaryl/α,β-unsaturated/α-hetero) is 1. The summed E-state index contributed by atoms with van der Waals surface area (Å²) in [7, 11) is 0. The van der Waals surface area contributed by atoms with Gasteiger partial charge in [-0.15, -0.1) is 0 Å². The number of aromatic amines is 1. The zero-order valence-electron chi connectivity index (χ0n) is 20.5. The zero-order valence-corrected chi connectivity index (χ0v) is 20.5. The maximum absolute atomic E-state index is 12.6. The number of likely N-dealkylation sites (tertiary alicyclic amines) is 1. The first-order valence-corrected chi connectivity index (χ1v) is 12.0. The number of amides is 1. The van der Waals surface area contributed by atoms with Crippen LogP contribution in [0.25, 0.3) is 28.0 Å². The van der Waals surface area contributed by atoms with E-state index in [1.54, 1.807) is 29.6 Å². The Hall–Kier alpha value is -4.38. The molecular weight excluding hydrogens is 474 g/mol. The maximum atomic E-state index is 12.6. The molecule has 1 atom stereocenters. The summed E-state index contributed by atoms with van der Waals surface area (Å²) < 4.78 is 1.47. The number of anilines is 1. The molecule has 0 saturated carbocycles. The van der Waals surface area contributed by atoms with Crippen molar-refractivity contribution in [3.05, 3.63) is 64.5 Å². The molecule has 4 aromatic heterocycles. The van der Waals surface area contributed by atoms with Gasteiger partial charge >= 0.3 is 0 Å². The van der Waals surface area contributed by atoms with Crippen LogP contribution >= 0.6 is 0 Å². The molecule has 190 valence electrons. The fourth-order valence-electron chi connectivity index (χ4n) is 4.82. The van der Waals surface area contributed by atoms with Crippen molar-refractivity contribution in [2.75, 3.05) is 18.8 Å². The number of carbonyl (C=O) groups excluding carboxylic acids is 2. The molecule has 37 heavy (non-hydrogen) atoms. The van der Waals surface area contributed by atoms with Crippen molar-refractivity contribution in [3.8, 4) is 22.4 Å². The largest absolute Gasteiger partial charge is 0.384 e. The molecule has 5 rings (SSSR count). The number of nitrogen functional groups attached to an aromatic ring is 1. The van der Waals surface area contributed by atoms with Gasteiger partial charge in [0.1, 0.15) is 11.9 Å². The standard InChI is InChI=1S/C26H27N7O4/c1-14(34)22-23(16-7-9-32(10-8-16)26(37)15(2)35)31-25-19(13-30-33(25)24(22)27)17-3-5-20(28-11-17)18-4-6-21(36)29-12-18/h3-6,11-13,15-16,35H,7-10,27H2,1-2H3,(H,29,36). The Balaban J connectivity index is 1.52. The van der Waals surface area contributed by atoms with Crippen LogP contribution in [0.1, 0.15) is 48.7 Å². The van der Waals surface area contributed by atoms with Gasteiger partial charge in [0.25, 0.3) is 5.91 Å². The van der Waals surface area contributed by atoms with E-state index in [4.69, 9.17) is 10.7 Å². The number of hydrogen-bond acceptors (Lipinski definition) is 8. The normalized spacial score (nSPS) is 15.2. The average molecular weight is 502 g/mol. The maximum Gasteiger partial charge on any atom is 0.251 e. The highest BCUT2D eigenvalue weighted by atomic mass is 16.3. The molecule has 0 aromatic carbocycles. The van der Waals surface area contributed by atoms with Gasteiger partial charge in [-0.2, -0.15) is 9.61 Å². The van der Waals surface area contributed by atoms with Crippen LogP contribution in [-0.4, -0.2) is 65.5 Å². The van der Waals surface area contributed by atoms with Crippen LogP contribution in [0.3, 0.4) is 0 Å². The Bertz CT molecular complexity index is 1530. The lowest BCUT2D eigenvalue weighted by Gasteiger charge is -2.33. The highest BCUT2D eigenvalue weighted by Crippen LogP contribution is 2.35. The first kappa shape index (κ1) is 24.3. The summed E-state index contributed by atoms with van der Waals surface area (Å²) >= 11 is 0. The lowest BCUT2D eigenvalue weighted by Crippen LogP contribution is -2.42. The monoisotopic (exact) mass is 501 g/mol. The molecule has 1 amide bonds.